The van der Waals surface area contributed by atoms with Crippen LogP contribution < -0.4 is 4.74 Å². The first-order valence-corrected chi connectivity index (χ1v) is 9.70. The van der Waals surface area contributed by atoms with Crippen molar-refractivity contribution in [3.63, 3.8) is 0 Å². The number of hydrogen-bond acceptors (Lipinski definition) is 4. The molecule has 2 aromatic carbocycles. The third-order valence-corrected chi connectivity index (χ3v) is 5.22. The lowest BCUT2D eigenvalue weighted by Crippen LogP contribution is -2.49. The molecular formula is C22H27F2N3O2. The summed E-state index contributed by atoms with van der Waals surface area (Å²) < 4.78 is 31.9. The zero-order chi connectivity index (χ0) is 20.8. The Kier molecular flexibility index (Phi) is 7.17. The van der Waals surface area contributed by atoms with Crippen LogP contribution in [0.5, 0.6) is 5.75 Å². The monoisotopic (exact) mass is 403 g/mol. The zero-order valence-corrected chi connectivity index (χ0v) is 16.9. The minimum Gasteiger partial charge on any atom is -0.496 e. The van der Waals surface area contributed by atoms with Crippen LogP contribution in [-0.4, -0.2) is 67.5 Å². The van der Waals surface area contributed by atoms with Crippen LogP contribution in [0.4, 0.5) is 8.78 Å². The quantitative estimate of drug-likeness (QED) is 0.712. The van der Waals surface area contributed by atoms with Crippen molar-refractivity contribution in [3.05, 3.63) is 65.2 Å². The average molecular weight is 403 g/mol. The molecule has 0 unspecified atom stereocenters. The predicted molar refractivity (Wildman–Crippen MR) is 108 cm³/mol. The van der Waals surface area contributed by atoms with E-state index >= 15 is 0 Å². The van der Waals surface area contributed by atoms with Gasteiger partial charge in [0.15, 0.2) is 0 Å². The molecule has 0 aromatic heterocycles. The molecule has 0 aliphatic carbocycles. The lowest BCUT2D eigenvalue weighted by Gasteiger charge is -2.35. The van der Waals surface area contributed by atoms with Crippen molar-refractivity contribution in [2.75, 3.05) is 46.9 Å². The maximum atomic E-state index is 13.6. The first-order valence-electron chi connectivity index (χ1n) is 9.70. The summed E-state index contributed by atoms with van der Waals surface area (Å²) in [5, 5.41) is 0. The standard InChI is InChI=1S/C22H27F2N3O2/c1-25(14-17-3-5-19(23)6-4-17)22(28)16-27-11-9-26(10-12-27)15-18-13-20(24)7-8-21(18)29-2/h3-8,13H,9-12,14-16H2,1-2H3. The number of likely N-dealkylation sites (N-methyl/N-ethyl adjacent to an activating group) is 1. The van der Waals surface area contributed by atoms with E-state index in [1.165, 1.54) is 24.3 Å². The molecule has 1 amide bonds. The summed E-state index contributed by atoms with van der Waals surface area (Å²) in [5.74, 6) is 0.173. The fraction of sp³-hybridized carbons (Fsp3) is 0.409. The molecule has 0 atom stereocenters. The highest BCUT2D eigenvalue weighted by atomic mass is 19.1. The molecule has 7 heteroatoms. The van der Waals surface area contributed by atoms with Crippen molar-refractivity contribution in [2.24, 2.45) is 0 Å². The first-order chi connectivity index (χ1) is 13.9. The number of piperazine rings is 1. The second-order valence-electron chi connectivity index (χ2n) is 7.38. The normalized spacial score (nSPS) is 15.3. The molecule has 156 valence electrons. The van der Waals surface area contributed by atoms with E-state index in [2.05, 4.69) is 9.80 Å². The molecule has 5 nitrogen and oxygen atoms in total. The SMILES string of the molecule is COc1ccc(F)cc1CN1CCN(CC(=O)N(C)Cc2ccc(F)cc2)CC1. The Labute approximate surface area is 170 Å². The van der Waals surface area contributed by atoms with Gasteiger partial charge in [0.2, 0.25) is 5.91 Å². The van der Waals surface area contributed by atoms with Crippen LogP contribution in [0.1, 0.15) is 11.1 Å². The van der Waals surface area contributed by atoms with Gasteiger partial charge in [0.25, 0.3) is 0 Å². The summed E-state index contributed by atoms with van der Waals surface area (Å²) in [4.78, 5) is 18.5. The van der Waals surface area contributed by atoms with Crippen LogP contribution in [0.25, 0.3) is 0 Å². The smallest absolute Gasteiger partial charge is 0.236 e. The van der Waals surface area contributed by atoms with Gasteiger partial charge in [-0.2, -0.15) is 0 Å². The van der Waals surface area contributed by atoms with Crippen LogP contribution in [0.15, 0.2) is 42.5 Å². The molecular weight excluding hydrogens is 376 g/mol. The van der Waals surface area contributed by atoms with Gasteiger partial charge in [0.05, 0.1) is 13.7 Å². The van der Waals surface area contributed by atoms with E-state index in [1.54, 1.807) is 37.3 Å². The summed E-state index contributed by atoms with van der Waals surface area (Å²) in [7, 11) is 3.35. The molecule has 1 heterocycles. The summed E-state index contributed by atoms with van der Waals surface area (Å²) in [5.41, 5.74) is 1.73. The van der Waals surface area contributed by atoms with Crippen LogP contribution in [0.3, 0.4) is 0 Å². The number of ether oxygens (including phenoxy) is 1. The number of carbonyl (C=O) groups excluding carboxylic acids is 1. The van der Waals surface area contributed by atoms with Gasteiger partial charge >= 0.3 is 0 Å². The molecule has 2 aromatic rings. The Morgan fingerprint density at radius 2 is 1.62 bits per heavy atom. The fourth-order valence-corrected chi connectivity index (χ4v) is 3.48. The topological polar surface area (TPSA) is 36.0 Å². The minimum absolute atomic E-state index is 0.0366. The van der Waals surface area contributed by atoms with Gasteiger partial charge in [-0.05, 0) is 35.9 Å². The Morgan fingerprint density at radius 1 is 1.00 bits per heavy atom. The van der Waals surface area contributed by atoms with Crippen molar-refractivity contribution in [2.45, 2.75) is 13.1 Å². The number of halogens is 2. The van der Waals surface area contributed by atoms with Gasteiger partial charge in [-0.25, -0.2) is 8.78 Å². The molecule has 0 N–H and O–H groups in total. The maximum Gasteiger partial charge on any atom is 0.236 e. The molecule has 0 saturated carbocycles. The van der Waals surface area contributed by atoms with E-state index in [1.807, 2.05) is 0 Å². The summed E-state index contributed by atoms with van der Waals surface area (Å²) >= 11 is 0. The van der Waals surface area contributed by atoms with Crippen molar-refractivity contribution in [1.29, 1.82) is 0 Å². The lowest BCUT2D eigenvalue weighted by molar-refractivity contribution is -0.132. The van der Waals surface area contributed by atoms with Gasteiger partial charge in [-0.3, -0.25) is 14.6 Å². The Balaban J connectivity index is 1.46. The largest absolute Gasteiger partial charge is 0.496 e. The Bertz CT molecular complexity index is 821. The molecule has 1 fully saturated rings. The van der Waals surface area contributed by atoms with Crippen molar-refractivity contribution >= 4 is 5.91 Å². The number of amides is 1. The van der Waals surface area contributed by atoms with E-state index in [9.17, 15) is 13.6 Å². The van der Waals surface area contributed by atoms with E-state index in [-0.39, 0.29) is 17.5 Å². The highest BCUT2D eigenvalue weighted by Gasteiger charge is 2.21. The van der Waals surface area contributed by atoms with Crippen LogP contribution in [0, 0.1) is 11.6 Å². The highest BCUT2D eigenvalue weighted by Crippen LogP contribution is 2.21. The van der Waals surface area contributed by atoms with Crippen LogP contribution in [-0.2, 0) is 17.9 Å². The van der Waals surface area contributed by atoms with Crippen LogP contribution in [0.2, 0.25) is 0 Å². The minimum atomic E-state index is -0.281. The Hall–Kier alpha value is -2.51. The fourth-order valence-electron chi connectivity index (χ4n) is 3.48. The van der Waals surface area contributed by atoms with E-state index in [4.69, 9.17) is 4.74 Å². The summed E-state index contributed by atoms with van der Waals surface area (Å²) in [6.07, 6.45) is 0. The number of nitrogens with zero attached hydrogens (tertiary/aromatic N) is 3. The molecule has 0 radical (unpaired) electrons. The van der Waals surface area contributed by atoms with E-state index in [0.717, 1.165) is 37.3 Å². The van der Waals surface area contributed by atoms with E-state index in [0.29, 0.717) is 25.4 Å². The van der Waals surface area contributed by atoms with Crippen molar-refractivity contribution < 1.29 is 18.3 Å². The van der Waals surface area contributed by atoms with Crippen molar-refractivity contribution in [1.82, 2.24) is 14.7 Å². The van der Waals surface area contributed by atoms with E-state index < -0.39 is 0 Å². The number of rotatable bonds is 7. The molecule has 0 spiro atoms. The third kappa shape index (κ3) is 5.98. The number of hydrogen-bond donors (Lipinski definition) is 0. The Morgan fingerprint density at radius 3 is 2.28 bits per heavy atom. The molecule has 1 aliphatic rings. The average Bonchev–Trinajstić information content (AvgIpc) is 2.71. The zero-order valence-electron chi connectivity index (χ0n) is 16.9. The third-order valence-electron chi connectivity index (χ3n) is 5.22. The van der Waals surface area contributed by atoms with Crippen LogP contribution >= 0.6 is 0 Å². The first kappa shape index (κ1) is 21.2. The maximum absolute atomic E-state index is 13.6. The molecule has 29 heavy (non-hydrogen) atoms. The van der Waals surface area contributed by atoms with Gasteiger partial charge < -0.3 is 9.64 Å². The van der Waals surface area contributed by atoms with Crippen molar-refractivity contribution in [3.8, 4) is 5.75 Å². The second kappa shape index (κ2) is 9.80. The second-order valence-corrected chi connectivity index (χ2v) is 7.38. The summed E-state index contributed by atoms with van der Waals surface area (Å²) in [6, 6.07) is 10.8. The summed E-state index contributed by atoms with van der Waals surface area (Å²) in [6.45, 7) is 4.57. The van der Waals surface area contributed by atoms with Gasteiger partial charge in [0.1, 0.15) is 17.4 Å². The molecule has 0 bridgehead atoms. The highest BCUT2D eigenvalue weighted by molar-refractivity contribution is 5.78. The molecule has 3 rings (SSSR count). The molecule has 1 saturated heterocycles. The molecule has 1 aliphatic heterocycles. The van der Waals surface area contributed by atoms with Gasteiger partial charge in [-0.1, -0.05) is 12.1 Å². The number of carbonyl (C=O) groups is 1. The van der Waals surface area contributed by atoms with Gasteiger partial charge in [0, 0.05) is 51.9 Å². The number of benzene rings is 2. The lowest BCUT2D eigenvalue weighted by atomic mass is 10.1. The number of methoxy groups -OCH3 is 1. The predicted octanol–water partition coefficient (Wildman–Crippen LogP) is 2.75. The van der Waals surface area contributed by atoms with Gasteiger partial charge in [-0.15, -0.1) is 0 Å².